The molecule has 0 aromatic carbocycles. The smallest absolute Gasteiger partial charge is 0.228 e. The summed E-state index contributed by atoms with van der Waals surface area (Å²) in [7, 11) is 3.55. The molecule has 0 spiro atoms. The van der Waals surface area contributed by atoms with Gasteiger partial charge in [0.05, 0.1) is 0 Å². The summed E-state index contributed by atoms with van der Waals surface area (Å²) < 4.78 is 10.3. The highest BCUT2D eigenvalue weighted by Gasteiger charge is 2.36. The zero-order valence-electron chi connectivity index (χ0n) is 14.2. The lowest BCUT2D eigenvalue weighted by Gasteiger charge is -2.42. The summed E-state index contributed by atoms with van der Waals surface area (Å²) in [6.07, 6.45) is 5.64. The van der Waals surface area contributed by atoms with Crippen LogP contribution in [0.5, 0.6) is 0 Å². The highest BCUT2D eigenvalue weighted by Crippen LogP contribution is 2.43. The Balaban J connectivity index is 0.00000264. The zero-order valence-corrected chi connectivity index (χ0v) is 16.6. The van der Waals surface area contributed by atoms with E-state index in [-0.39, 0.29) is 24.0 Å². The molecule has 0 radical (unpaired) electrons. The Morgan fingerprint density at radius 1 is 1.39 bits per heavy atom. The Morgan fingerprint density at radius 2 is 2.17 bits per heavy atom. The van der Waals surface area contributed by atoms with Crippen LogP contribution in [0.25, 0.3) is 0 Å². The number of aliphatic imine (C=N–C) groups is 1. The van der Waals surface area contributed by atoms with E-state index < -0.39 is 0 Å². The molecule has 0 saturated heterocycles. The molecule has 23 heavy (non-hydrogen) atoms. The van der Waals surface area contributed by atoms with Crippen molar-refractivity contribution >= 4 is 29.9 Å². The van der Waals surface area contributed by atoms with E-state index in [2.05, 4.69) is 25.8 Å². The van der Waals surface area contributed by atoms with Gasteiger partial charge in [-0.05, 0) is 31.6 Å². The summed E-state index contributed by atoms with van der Waals surface area (Å²) in [6, 6.07) is 0. The van der Waals surface area contributed by atoms with Crippen LogP contribution in [0.1, 0.15) is 37.4 Å². The molecule has 1 aliphatic rings. The van der Waals surface area contributed by atoms with Crippen molar-refractivity contribution in [2.75, 3.05) is 33.9 Å². The Labute approximate surface area is 155 Å². The van der Waals surface area contributed by atoms with Gasteiger partial charge in [-0.3, -0.25) is 4.99 Å². The fraction of sp³-hybridized carbons (Fsp3) is 0.800. The van der Waals surface area contributed by atoms with E-state index >= 15 is 0 Å². The second-order valence-electron chi connectivity index (χ2n) is 5.93. The average Bonchev–Trinajstić information content (AvgIpc) is 2.89. The van der Waals surface area contributed by atoms with Crippen molar-refractivity contribution in [2.24, 2.45) is 10.4 Å². The number of ether oxygens (including phenoxy) is 1. The zero-order chi connectivity index (χ0) is 15.8. The van der Waals surface area contributed by atoms with Gasteiger partial charge in [-0.25, -0.2) is 0 Å². The van der Waals surface area contributed by atoms with Crippen molar-refractivity contribution in [1.82, 2.24) is 20.8 Å². The van der Waals surface area contributed by atoms with Gasteiger partial charge in [-0.1, -0.05) is 11.6 Å². The van der Waals surface area contributed by atoms with Gasteiger partial charge >= 0.3 is 0 Å². The SMILES string of the molecule is CN=C(NCCc1nc(C)no1)NCC1(CCOC)CCC1.I. The predicted molar refractivity (Wildman–Crippen MR) is 100 cm³/mol. The van der Waals surface area contributed by atoms with Gasteiger partial charge in [0.2, 0.25) is 5.89 Å². The molecule has 0 amide bonds. The van der Waals surface area contributed by atoms with Crippen LogP contribution >= 0.6 is 24.0 Å². The summed E-state index contributed by atoms with van der Waals surface area (Å²) in [5.74, 6) is 2.14. The number of guanidine groups is 1. The monoisotopic (exact) mass is 437 g/mol. The van der Waals surface area contributed by atoms with Crippen molar-refractivity contribution in [3.05, 3.63) is 11.7 Å². The van der Waals surface area contributed by atoms with Crippen molar-refractivity contribution < 1.29 is 9.26 Å². The van der Waals surface area contributed by atoms with Gasteiger partial charge in [-0.2, -0.15) is 4.98 Å². The summed E-state index contributed by atoms with van der Waals surface area (Å²) in [6.45, 7) is 4.30. The van der Waals surface area contributed by atoms with E-state index in [0.717, 1.165) is 25.5 Å². The second-order valence-corrected chi connectivity index (χ2v) is 5.93. The van der Waals surface area contributed by atoms with Crippen LogP contribution in [0, 0.1) is 12.3 Å². The quantitative estimate of drug-likeness (QED) is 0.367. The lowest BCUT2D eigenvalue weighted by atomic mass is 9.67. The highest BCUT2D eigenvalue weighted by molar-refractivity contribution is 14.0. The first-order valence-corrected chi connectivity index (χ1v) is 7.90. The lowest BCUT2D eigenvalue weighted by molar-refractivity contribution is 0.0732. The summed E-state index contributed by atoms with van der Waals surface area (Å²) in [5.41, 5.74) is 0.372. The fourth-order valence-corrected chi connectivity index (χ4v) is 2.73. The molecule has 2 N–H and O–H groups in total. The first-order chi connectivity index (χ1) is 10.7. The molecule has 1 heterocycles. The topological polar surface area (TPSA) is 84.6 Å². The largest absolute Gasteiger partial charge is 0.385 e. The third kappa shape index (κ3) is 6.25. The fourth-order valence-electron chi connectivity index (χ4n) is 2.73. The van der Waals surface area contributed by atoms with Crippen LogP contribution in [-0.4, -0.2) is 50.0 Å². The maximum Gasteiger partial charge on any atom is 0.228 e. The van der Waals surface area contributed by atoms with Gasteiger partial charge in [0.1, 0.15) is 0 Å². The maximum absolute atomic E-state index is 5.23. The Kier molecular flexibility index (Phi) is 8.82. The van der Waals surface area contributed by atoms with Gasteiger partial charge in [0.25, 0.3) is 0 Å². The molecule has 1 fully saturated rings. The molecule has 1 aliphatic carbocycles. The van der Waals surface area contributed by atoms with Gasteiger partial charge < -0.3 is 19.9 Å². The predicted octanol–water partition coefficient (Wildman–Crippen LogP) is 1.91. The van der Waals surface area contributed by atoms with Crippen LogP contribution in [0.4, 0.5) is 0 Å². The van der Waals surface area contributed by atoms with E-state index in [0.29, 0.717) is 30.1 Å². The summed E-state index contributed by atoms with van der Waals surface area (Å²) >= 11 is 0. The highest BCUT2D eigenvalue weighted by atomic mass is 127. The number of hydrogen-bond donors (Lipinski definition) is 2. The van der Waals surface area contributed by atoms with Crippen LogP contribution in [0.2, 0.25) is 0 Å². The molecule has 1 saturated carbocycles. The van der Waals surface area contributed by atoms with E-state index in [1.165, 1.54) is 19.3 Å². The van der Waals surface area contributed by atoms with Gasteiger partial charge in [0, 0.05) is 40.3 Å². The summed E-state index contributed by atoms with van der Waals surface area (Å²) in [4.78, 5) is 8.45. The van der Waals surface area contributed by atoms with Crippen LogP contribution in [-0.2, 0) is 11.2 Å². The molecule has 0 aliphatic heterocycles. The Bertz CT molecular complexity index is 488. The minimum Gasteiger partial charge on any atom is -0.385 e. The van der Waals surface area contributed by atoms with E-state index in [9.17, 15) is 0 Å². The number of nitrogens with one attached hydrogen (secondary N) is 2. The molecular weight excluding hydrogens is 409 g/mol. The molecule has 1 aromatic rings. The molecule has 0 atom stereocenters. The Morgan fingerprint density at radius 3 is 2.70 bits per heavy atom. The number of methoxy groups -OCH3 is 1. The molecule has 7 nitrogen and oxygen atoms in total. The normalized spacial score (nSPS) is 16.4. The number of rotatable bonds is 8. The van der Waals surface area contributed by atoms with E-state index in [4.69, 9.17) is 9.26 Å². The third-order valence-corrected chi connectivity index (χ3v) is 4.31. The average molecular weight is 437 g/mol. The maximum atomic E-state index is 5.23. The van der Waals surface area contributed by atoms with Crippen LogP contribution < -0.4 is 10.6 Å². The van der Waals surface area contributed by atoms with Crippen molar-refractivity contribution in [1.29, 1.82) is 0 Å². The van der Waals surface area contributed by atoms with Crippen LogP contribution in [0.3, 0.4) is 0 Å². The summed E-state index contributed by atoms with van der Waals surface area (Å²) in [5, 5.41) is 10.5. The van der Waals surface area contributed by atoms with Crippen molar-refractivity contribution in [2.45, 2.75) is 39.0 Å². The molecule has 1 aromatic heterocycles. The lowest BCUT2D eigenvalue weighted by Crippen LogP contribution is -2.47. The van der Waals surface area contributed by atoms with Crippen molar-refractivity contribution in [3.8, 4) is 0 Å². The second kappa shape index (κ2) is 10.1. The molecule has 8 heteroatoms. The van der Waals surface area contributed by atoms with Crippen LogP contribution in [0.15, 0.2) is 9.52 Å². The molecule has 0 unspecified atom stereocenters. The van der Waals surface area contributed by atoms with Gasteiger partial charge in [0.15, 0.2) is 11.8 Å². The minimum absolute atomic E-state index is 0. The standard InChI is InChI=1S/C15H27N5O2.HI/c1-12-19-13(22-20-12)5-9-17-14(16-2)18-11-15(6-4-7-15)8-10-21-3;/h4-11H2,1-3H3,(H2,16,17,18);1H. The van der Waals surface area contributed by atoms with Gasteiger partial charge in [-0.15, -0.1) is 24.0 Å². The third-order valence-electron chi connectivity index (χ3n) is 4.31. The Hall–Kier alpha value is -0.900. The minimum atomic E-state index is 0. The molecule has 2 rings (SSSR count). The number of hydrogen-bond acceptors (Lipinski definition) is 5. The number of nitrogens with zero attached hydrogens (tertiary/aromatic N) is 3. The van der Waals surface area contributed by atoms with E-state index in [1.54, 1.807) is 14.2 Å². The van der Waals surface area contributed by atoms with Crippen molar-refractivity contribution in [3.63, 3.8) is 0 Å². The first-order valence-electron chi connectivity index (χ1n) is 7.90. The molecule has 0 bridgehead atoms. The number of aromatic nitrogens is 2. The van der Waals surface area contributed by atoms with E-state index in [1.807, 2.05) is 6.92 Å². The number of aryl methyl sites for hydroxylation is 1. The number of halogens is 1. The molecular formula is C15H28IN5O2. The molecule has 132 valence electrons. The first kappa shape index (κ1) is 20.1.